The average molecular weight is 351 g/mol. The van der Waals surface area contributed by atoms with Crippen molar-refractivity contribution in [1.82, 2.24) is 0 Å². The van der Waals surface area contributed by atoms with Gasteiger partial charge in [-0.15, -0.1) is 0 Å². The summed E-state index contributed by atoms with van der Waals surface area (Å²) in [5.74, 6) is -2.56. The Bertz CT molecular complexity index is 712. The van der Waals surface area contributed by atoms with E-state index in [1.807, 2.05) is 24.3 Å². The molecule has 0 bridgehead atoms. The molecule has 21 heavy (non-hydrogen) atoms. The van der Waals surface area contributed by atoms with Crippen LogP contribution >= 0.6 is 15.9 Å². The monoisotopic (exact) mass is 350 g/mol. The van der Waals surface area contributed by atoms with Gasteiger partial charge in [0.1, 0.15) is 5.82 Å². The van der Waals surface area contributed by atoms with Crippen LogP contribution in [0.25, 0.3) is 0 Å². The van der Waals surface area contributed by atoms with E-state index < -0.39 is 28.9 Å². The molecule has 0 saturated heterocycles. The lowest BCUT2D eigenvalue weighted by atomic mass is 9.79. The number of hydrogen-bond donors (Lipinski definition) is 0. The first-order valence-electron chi connectivity index (χ1n) is 6.85. The third kappa shape index (κ3) is 2.53. The number of aryl methyl sites for hydroxylation is 1. The van der Waals surface area contributed by atoms with Gasteiger partial charge in [-0.2, -0.15) is 0 Å². The highest BCUT2D eigenvalue weighted by atomic mass is 79.9. The van der Waals surface area contributed by atoms with Crippen LogP contribution in [-0.2, 0) is 6.42 Å². The van der Waals surface area contributed by atoms with Crippen molar-refractivity contribution >= 4 is 21.7 Å². The Balaban J connectivity index is 2.07. The molecule has 1 atom stereocenters. The van der Waals surface area contributed by atoms with Gasteiger partial charge in [0.25, 0.3) is 0 Å². The van der Waals surface area contributed by atoms with E-state index in [4.69, 9.17) is 0 Å². The molecule has 0 spiro atoms. The summed E-state index contributed by atoms with van der Waals surface area (Å²) in [6.07, 6.45) is 2.38. The summed E-state index contributed by atoms with van der Waals surface area (Å²) < 4.78 is 28.2. The van der Waals surface area contributed by atoms with Crippen molar-refractivity contribution in [3.05, 3.63) is 69.2 Å². The highest BCUT2D eigenvalue weighted by molar-refractivity contribution is 9.10. The molecule has 0 saturated carbocycles. The third-order valence-electron chi connectivity index (χ3n) is 3.98. The summed E-state index contributed by atoms with van der Waals surface area (Å²) in [5.41, 5.74) is 1.55. The minimum absolute atomic E-state index is 0.108. The molecule has 2 aromatic rings. The maximum atomic E-state index is 14.1. The molecule has 2 aromatic carbocycles. The van der Waals surface area contributed by atoms with E-state index in [9.17, 15) is 13.6 Å². The fraction of sp³-hybridized carbons (Fsp3) is 0.235. The van der Waals surface area contributed by atoms with E-state index in [1.165, 1.54) is 6.07 Å². The summed E-state index contributed by atoms with van der Waals surface area (Å²) in [6, 6.07) is 10.0. The third-order valence-corrected chi connectivity index (χ3v) is 4.59. The maximum Gasteiger partial charge on any atom is 0.176 e. The van der Waals surface area contributed by atoms with Crippen LogP contribution in [0.4, 0.5) is 8.78 Å². The molecule has 0 amide bonds. The Hall–Kier alpha value is -1.55. The summed E-state index contributed by atoms with van der Waals surface area (Å²) in [7, 11) is 0. The number of carbonyl (C=O) groups is 1. The predicted octanol–water partition coefficient (Wildman–Crippen LogP) is 5.03. The number of benzene rings is 2. The molecule has 1 unspecified atom stereocenters. The van der Waals surface area contributed by atoms with Gasteiger partial charge in [-0.1, -0.05) is 24.3 Å². The van der Waals surface area contributed by atoms with Crippen LogP contribution in [-0.4, -0.2) is 5.78 Å². The zero-order valence-corrected chi connectivity index (χ0v) is 12.8. The smallest absolute Gasteiger partial charge is 0.176 e. The zero-order chi connectivity index (χ0) is 15.0. The zero-order valence-electron chi connectivity index (χ0n) is 11.2. The first-order valence-corrected chi connectivity index (χ1v) is 7.64. The lowest BCUT2D eigenvalue weighted by molar-refractivity contribution is 0.0942. The van der Waals surface area contributed by atoms with Crippen molar-refractivity contribution in [3.63, 3.8) is 0 Å². The summed E-state index contributed by atoms with van der Waals surface area (Å²) in [4.78, 5) is 12.7. The van der Waals surface area contributed by atoms with Crippen molar-refractivity contribution in [2.75, 3.05) is 0 Å². The Morgan fingerprint density at radius 2 is 1.90 bits per heavy atom. The molecule has 0 radical (unpaired) electrons. The second-order valence-electron chi connectivity index (χ2n) is 5.23. The van der Waals surface area contributed by atoms with Crippen molar-refractivity contribution in [2.24, 2.45) is 0 Å². The number of rotatable bonds is 2. The normalized spacial score (nSPS) is 17.4. The lowest BCUT2D eigenvalue weighted by Crippen LogP contribution is -2.21. The van der Waals surface area contributed by atoms with Gasteiger partial charge in [-0.25, -0.2) is 8.78 Å². The van der Waals surface area contributed by atoms with Gasteiger partial charge in [-0.3, -0.25) is 4.79 Å². The Kier molecular flexibility index (Phi) is 3.89. The van der Waals surface area contributed by atoms with Crippen molar-refractivity contribution in [3.8, 4) is 0 Å². The summed E-state index contributed by atoms with van der Waals surface area (Å²) >= 11 is 3.01. The lowest BCUT2D eigenvalue weighted by Gasteiger charge is -2.24. The van der Waals surface area contributed by atoms with E-state index in [1.54, 1.807) is 0 Å². The molecule has 1 nitrogen and oxygen atoms in total. The fourth-order valence-electron chi connectivity index (χ4n) is 2.95. The minimum atomic E-state index is -0.817. The number of hydrogen-bond acceptors (Lipinski definition) is 1. The van der Waals surface area contributed by atoms with Crippen LogP contribution in [0.3, 0.4) is 0 Å². The molecule has 0 aliphatic heterocycles. The van der Waals surface area contributed by atoms with Crippen LogP contribution in [0, 0.1) is 11.6 Å². The number of fused-ring (bicyclic) bond motifs is 1. The van der Waals surface area contributed by atoms with Gasteiger partial charge >= 0.3 is 0 Å². The van der Waals surface area contributed by atoms with E-state index in [-0.39, 0.29) is 4.47 Å². The molecule has 0 fully saturated rings. The van der Waals surface area contributed by atoms with Crippen molar-refractivity contribution in [2.45, 2.75) is 25.2 Å². The van der Waals surface area contributed by atoms with Gasteiger partial charge in [-0.05, 0) is 58.5 Å². The van der Waals surface area contributed by atoms with Gasteiger partial charge in [0.2, 0.25) is 0 Å². The molecule has 0 aromatic heterocycles. The topological polar surface area (TPSA) is 17.1 Å². The van der Waals surface area contributed by atoms with Crippen LogP contribution in [0.5, 0.6) is 0 Å². The summed E-state index contributed by atoms with van der Waals surface area (Å²) in [6.45, 7) is 0. The predicted molar refractivity (Wildman–Crippen MR) is 80.5 cm³/mol. The van der Waals surface area contributed by atoms with Crippen LogP contribution < -0.4 is 0 Å². The van der Waals surface area contributed by atoms with Crippen LogP contribution in [0.1, 0.15) is 40.2 Å². The second-order valence-corrected chi connectivity index (χ2v) is 6.08. The van der Waals surface area contributed by atoms with E-state index >= 15 is 0 Å². The average Bonchev–Trinajstić information content (AvgIpc) is 2.50. The number of ketones is 1. The van der Waals surface area contributed by atoms with Gasteiger partial charge in [0.15, 0.2) is 11.6 Å². The van der Waals surface area contributed by atoms with Crippen molar-refractivity contribution < 1.29 is 13.6 Å². The van der Waals surface area contributed by atoms with Crippen LogP contribution in [0.2, 0.25) is 0 Å². The minimum Gasteiger partial charge on any atom is -0.293 e. The fourth-order valence-corrected chi connectivity index (χ4v) is 3.28. The highest BCUT2D eigenvalue weighted by Crippen LogP contribution is 2.35. The molecule has 3 rings (SSSR count). The highest BCUT2D eigenvalue weighted by Gasteiger charge is 2.31. The first kappa shape index (κ1) is 14.4. The van der Waals surface area contributed by atoms with Crippen LogP contribution in [0.15, 0.2) is 40.9 Å². The molecule has 1 aliphatic rings. The second kappa shape index (κ2) is 5.68. The first-order chi connectivity index (χ1) is 10.1. The summed E-state index contributed by atoms with van der Waals surface area (Å²) in [5, 5.41) is 0. The quantitative estimate of drug-likeness (QED) is 0.548. The van der Waals surface area contributed by atoms with Gasteiger partial charge in [0.05, 0.1) is 10.0 Å². The molecule has 1 aliphatic carbocycles. The Morgan fingerprint density at radius 1 is 1.14 bits per heavy atom. The molecule has 108 valence electrons. The van der Waals surface area contributed by atoms with Crippen molar-refractivity contribution in [1.29, 1.82) is 0 Å². The van der Waals surface area contributed by atoms with E-state index in [0.29, 0.717) is 6.42 Å². The standard InChI is InChI=1S/C17H13BrF2O/c18-13-8-9-14(19)15(16(13)20)17(21)12-7-3-5-10-4-1-2-6-11(10)12/h1-2,4,6,8-9,12H,3,5,7H2. The molecule has 0 heterocycles. The van der Waals surface area contributed by atoms with E-state index in [2.05, 4.69) is 15.9 Å². The molecule has 4 heteroatoms. The Morgan fingerprint density at radius 3 is 2.71 bits per heavy atom. The molecular formula is C17H13BrF2O. The molecule has 0 N–H and O–H groups in total. The number of halogens is 3. The molecular weight excluding hydrogens is 338 g/mol. The van der Waals surface area contributed by atoms with Gasteiger partial charge < -0.3 is 0 Å². The van der Waals surface area contributed by atoms with Gasteiger partial charge in [0, 0.05) is 5.92 Å². The SMILES string of the molecule is O=C(c1c(F)ccc(Br)c1F)C1CCCc2ccccc21. The Labute approximate surface area is 130 Å². The maximum absolute atomic E-state index is 14.1. The largest absolute Gasteiger partial charge is 0.293 e. The number of Topliss-reactive ketones (excluding diaryl/α,β-unsaturated/α-hetero) is 1. The van der Waals surface area contributed by atoms with E-state index in [0.717, 1.165) is 30.0 Å². The number of carbonyl (C=O) groups excluding carboxylic acids is 1.